The molecular weight excluding hydrogens is 195 g/mol. The molecule has 0 atom stereocenters. The van der Waals surface area contributed by atoms with E-state index in [1.807, 2.05) is 0 Å². The van der Waals surface area contributed by atoms with Crippen LogP contribution in [-0.2, 0) is 13.2 Å². The Kier molecular flexibility index (Phi) is 1.95. The van der Waals surface area contributed by atoms with Crippen LogP contribution in [0.25, 0.3) is 0 Å². The number of nitrogen functional groups attached to an aromatic ring is 1. The van der Waals surface area contributed by atoms with Gasteiger partial charge >= 0.3 is 6.18 Å². The molecule has 0 aliphatic carbocycles. The molecule has 7 heteroatoms. The second kappa shape index (κ2) is 2.55. The van der Waals surface area contributed by atoms with Crippen LogP contribution in [-0.4, -0.2) is 9.78 Å². The van der Waals surface area contributed by atoms with Crippen molar-refractivity contribution in [3.63, 3.8) is 0 Å². The van der Waals surface area contributed by atoms with E-state index in [2.05, 4.69) is 5.10 Å². The number of hydrogen-bond donors (Lipinski definition) is 1. The summed E-state index contributed by atoms with van der Waals surface area (Å²) >= 11 is 5.27. The number of halogens is 4. The SMILES string of the molecule is Cn1nc(C(F)(F)F)c(Cl)c1N. The van der Waals surface area contributed by atoms with Gasteiger partial charge in [-0.3, -0.25) is 4.68 Å². The number of nitrogens with two attached hydrogens (primary N) is 1. The Morgan fingerprint density at radius 3 is 2.17 bits per heavy atom. The predicted molar refractivity (Wildman–Crippen MR) is 37.6 cm³/mol. The summed E-state index contributed by atoms with van der Waals surface area (Å²) in [6.45, 7) is 0. The van der Waals surface area contributed by atoms with Gasteiger partial charge in [0.05, 0.1) is 0 Å². The van der Waals surface area contributed by atoms with Gasteiger partial charge in [0.1, 0.15) is 10.8 Å². The van der Waals surface area contributed by atoms with Crippen LogP contribution >= 0.6 is 11.6 Å². The molecule has 12 heavy (non-hydrogen) atoms. The summed E-state index contributed by atoms with van der Waals surface area (Å²) < 4.78 is 37.0. The third-order valence-corrected chi connectivity index (χ3v) is 1.67. The number of anilines is 1. The molecule has 0 saturated heterocycles. The molecule has 0 amide bonds. The first-order valence-corrected chi connectivity index (χ1v) is 3.27. The van der Waals surface area contributed by atoms with Crippen LogP contribution in [0.2, 0.25) is 5.02 Å². The van der Waals surface area contributed by atoms with Crippen molar-refractivity contribution in [1.29, 1.82) is 0 Å². The Morgan fingerprint density at radius 2 is 2.00 bits per heavy atom. The van der Waals surface area contributed by atoms with Crippen molar-refractivity contribution in [1.82, 2.24) is 9.78 Å². The monoisotopic (exact) mass is 199 g/mol. The van der Waals surface area contributed by atoms with Crippen molar-refractivity contribution >= 4 is 17.4 Å². The van der Waals surface area contributed by atoms with Gasteiger partial charge in [-0.15, -0.1) is 0 Å². The summed E-state index contributed by atoms with van der Waals surface area (Å²) in [5.74, 6) is -0.191. The van der Waals surface area contributed by atoms with E-state index in [1.54, 1.807) is 0 Å². The van der Waals surface area contributed by atoms with Crippen LogP contribution in [0.5, 0.6) is 0 Å². The normalized spacial score (nSPS) is 12.1. The van der Waals surface area contributed by atoms with Crippen molar-refractivity contribution in [2.75, 3.05) is 5.73 Å². The van der Waals surface area contributed by atoms with Crippen molar-refractivity contribution in [2.45, 2.75) is 6.18 Å². The van der Waals surface area contributed by atoms with E-state index in [1.165, 1.54) is 7.05 Å². The minimum Gasteiger partial charge on any atom is -0.383 e. The fourth-order valence-electron chi connectivity index (χ4n) is 0.692. The fourth-order valence-corrected chi connectivity index (χ4v) is 0.960. The third-order valence-electron chi connectivity index (χ3n) is 1.30. The van der Waals surface area contributed by atoms with Gasteiger partial charge in [0.2, 0.25) is 0 Å². The highest BCUT2D eigenvalue weighted by atomic mass is 35.5. The molecule has 0 unspecified atom stereocenters. The Morgan fingerprint density at radius 1 is 1.50 bits per heavy atom. The highest BCUT2D eigenvalue weighted by Crippen LogP contribution is 2.35. The number of nitrogens with zero attached hydrogens (tertiary/aromatic N) is 2. The average Bonchev–Trinajstić information content (AvgIpc) is 2.15. The van der Waals surface area contributed by atoms with Crippen molar-refractivity contribution in [3.05, 3.63) is 10.7 Å². The van der Waals surface area contributed by atoms with Crippen molar-refractivity contribution in [2.24, 2.45) is 7.05 Å². The molecule has 0 radical (unpaired) electrons. The maximum atomic E-state index is 12.0. The molecule has 1 aromatic heterocycles. The molecule has 0 spiro atoms. The average molecular weight is 200 g/mol. The third kappa shape index (κ3) is 1.34. The summed E-state index contributed by atoms with van der Waals surface area (Å²) in [7, 11) is 1.29. The van der Waals surface area contributed by atoms with Gasteiger partial charge in [0.25, 0.3) is 0 Å². The van der Waals surface area contributed by atoms with E-state index in [0.29, 0.717) is 0 Å². The van der Waals surface area contributed by atoms with Crippen molar-refractivity contribution in [3.8, 4) is 0 Å². The zero-order valence-electron chi connectivity index (χ0n) is 5.98. The van der Waals surface area contributed by atoms with Crippen molar-refractivity contribution < 1.29 is 13.2 Å². The van der Waals surface area contributed by atoms with Gasteiger partial charge in [0.15, 0.2) is 5.69 Å². The van der Waals surface area contributed by atoms with E-state index in [4.69, 9.17) is 17.3 Å². The topological polar surface area (TPSA) is 43.8 Å². The van der Waals surface area contributed by atoms with E-state index < -0.39 is 16.9 Å². The van der Waals surface area contributed by atoms with Gasteiger partial charge in [-0.1, -0.05) is 11.6 Å². The smallest absolute Gasteiger partial charge is 0.383 e. The second-order valence-corrected chi connectivity index (χ2v) is 2.55. The lowest BCUT2D eigenvalue weighted by atomic mass is 10.4. The molecule has 3 nitrogen and oxygen atoms in total. The highest BCUT2D eigenvalue weighted by molar-refractivity contribution is 6.33. The van der Waals surface area contributed by atoms with Gasteiger partial charge in [-0.25, -0.2) is 0 Å². The molecule has 0 bridgehead atoms. The molecule has 1 aromatic rings. The Bertz CT molecular complexity index is 304. The van der Waals surface area contributed by atoms with Crippen LogP contribution < -0.4 is 5.73 Å². The summed E-state index contributed by atoms with van der Waals surface area (Å²) in [5, 5.41) is 2.56. The summed E-state index contributed by atoms with van der Waals surface area (Å²) in [5.41, 5.74) is 4.02. The van der Waals surface area contributed by atoms with Gasteiger partial charge in [-0.05, 0) is 0 Å². The first kappa shape index (κ1) is 9.18. The first-order chi connectivity index (χ1) is 5.34. The Labute approximate surface area is 70.9 Å². The van der Waals surface area contributed by atoms with E-state index >= 15 is 0 Å². The maximum absolute atomic E-state index is 12.0. The summed E-state index contributed by atoms with van der Waals surface area (Å²) in [4.78, 5) is 0. The van der Waals surface area contributed by atoms with Gasteiger partial charge in [0, 0.05) is 7.05 Å². The molecule has 0 fully saturated rings. The van der Waals surface area contributed by atoms with Gasteiger partial charge in [-0.2, -0.15) is 18.3 Å². The van der Waals surface area contributed by atoms with E-state index in [9.17, 15) is 13.2 Å². The molecule has 0 aliphatic rings. The number of aromatic nitrogens is 2. The van der Waals surface area contributed by atoms with E-state index in [0.717, 1.165) is 4.68 Å². The molecule has 0 aromatic carbocycles. The molecule has 0 aliphatic heterocycles. The molecule has 2 N–H and O–H groups in total. The zero-order chi connectivity index (χ0) is 9.52. The predicted octanol–water partition coefficient (Wildman–Crippen LogP) is 1.67. The summed E-state index contributed by atoms with van der Waals surface area (Å²) in [6, 6.07) is 0. The molecule has 1 heterocycles. The fraction of sp³-hybridized carbons (Fsp3) is 0.400. The maximum Gasteiger partial charge on any atom is 0.436 e. The van der Waals surface area contributed by atoms with Crippen LogP contribution in [0.4, 0.5) is 19.0 Å². The lowest BCUT2D eigenvalue weighted by Crippen LogP contribution is -2.07. The lowest BCUT2D eigenvalue weighted by Gasteiger charge is -2.00. The number of alkyl halides is 3. The van der Waals surface area contributed by atoms with Gasteiger partial charge < -0.3 is 5.73 Å². The minimum atomic E-state index is -4.55. The lowest BCUT2D eigenvalue weighted by molar-refractivity contribution is -0.141. The zero-order valence-corrected chi connectivity index (χ0v) is 6.74. The van der Waals surface area contributed by atoms with Crippen LogP contribution in [0.3, 0.4) is 0 Å². The Hall–Kier alpha value is -0.910. The quantitative estimate of drug-likeness (QED) is 0.691. The standard InChI is InChI=1S/C5H5ClF3N3/c1-12-4(10)2(6)3(11-12)5(7,8)9/h10H2,1H3. The van der Waals surface area contributed by atoms with E-state index in [-0.39, 0.29) is 5.82 Å². The molecule has 1 rings (SSSR count). The molecule has 0 saturated carbocycles. The van der Waals surface area contributed by atoms with Crippen LogP contribution in [0.15, 0.2) is 0 Å². The second-order valence-electron chi connectivity index (χ2n) is 2.17. The highest BCUT2D eigenvalue weighted by Gasteiger charge is 2.38. The minimum absolute atomic E-state index is 0.191. The van der Waals surface area contributed by atoms with Crippen LogP contribution in [0.1, 0.15) is 5.69 Å². The molecule has 68 valence electrons. The number of hydrogen-bond acceptors (Lipinski definition) is 2. The van der Waals surface area contributed by atoms with Crippen LogP contribution in [0, 0.1) is 0 Å². The number of rotatable bonds is 0. The Balaban J connectivity index is 3.28. The number of aryl methyl sites for hydroxylation is 1. The largest absolute Gasteiger partial charge is 0.436 e. The molecular formula is C5H5ClF3N3. The summed E-state index contributed by atoms with van der Waals surface area (Å²) in [6.07, 6.45) is -4.55. The first-order valence-electron chi connectivity index (χ1n) is 2.89.